The number of aromatic nitrogens is 1. The molecule has 0 aromatic carbocycles. The van der Waals surface area contributed by atoms with E-state index in [2.05, 4.69) is 40.3 Å². The Kier molecular flexibility index (Phi) is 2.13. The Morgan fingerprint density at radius 1 is 1.40 bits per heavy atom. The molecule has 0 radical (unpaired) electrons. The summed E-state index contributed by atoms with van der Waals surface area (Å²) < 4.78 is 0. The molecule has 3 nitrogen and oxygen atoms in total. The monoisotopic (exact) mass is 203 g/mol. The van der Waals surface area contributed by atoms with Crippen LogP contribution in [0.2, 0.25) is 0 Å². The minimum absolute atomic E-state index is 0.680. The topological polar surface area (TPSA) is 28.2 Å². The molecular weight excluding hydrogens is 186 g/mol. The van der Waals surface area contributed by atoms with Crippen LogP contribution in [0.25, 0.3) is 0 Å². The lowest BCUT2D eigenvalue weighted by molar-refractivity contribution is 0.577. The Labute approximate surface area is 90.5 Å². The molecule has 80 valence electrons. The van der Waals surface area contributed by atoms with Crippen molar-refractivity contribution in [3.8, 4) is 0 Å². The highest BCUT2D eigenvalue weighted by atomic mass is 15.3. The van der Waals surface area contributed by atoms with E-state index in [-0.39, 0.29) is 0 Å². The van der Waals surface area contributed by atoms with Gasteiger partial charge in [-0.15, -0.1) is 0 Å². The number of pyridine rings is 1. The largest absolute Gasteiger partial charge is 0.352 e. The van der Waals surface area contributed by atoms with Crippen LogP contribution in [0.4, 0.5) is 5.82 Å². The number of aryl methyl sites for hydroxylation is 1. The molecule has 0 spiro atoms. The molecule has 2 fully saturated rings. The summed E-state index contributed by atoms with van der Waals surface area (Å²) in [5.41, 5.74) is 1.11. The number of hydrogen-bond donors (Lipinski definition) is 1. The maximum absolute atomic E-state index is 4.61. The van der Waals surface area contributed by atoms with E-state index in [1.807, 2.05) is 0 Å². The third-order valence-corrected chi connectivity index (χ3v) is 3.61. The summed E-state index contributed by atoms with van der Waals surface area (Å²) in [6.45, 7) is 5.55. The minimum atomic E-state index is 0.680. The first-order valence-corrected chi connectivity index (χ1v) is 5.75. The Hall–Kier alpha value is -1.09. The number of nitrogens with zero attached hydrogens (tertiary/aromatic N) is 2. The van der Waals surface area contributed by atoms with Gasteiger partial charge in [0.2, 0.25) is 0 Å². The van der Waals surface area contributed by atoms with Crippen molar-refractivity contribution in [3.63, 3.8) is 0 Å². The Bertz CT molecular complexity index is 364. The Morgan fingerprint density at radius 3 is 3.20 bits per heavy atom. The van der Waals surface area contributed by atoms with E-state index >= 15 is 0 Å². The van der Waals surface area contributed by atoms with Gasteiger partial charge in [0.05, 0.1) is 0 Å². The van der Waals surface area contributed by atoms with Crippen LogP contribution in [0.15, 0.2) is 18.2 Å². The summed E-state index contributed by atoms with van der Waals surface area (Å²) >= 11 is 0. The van der Waals surface area contributed by atoms with Crippen LogP contribution in [-0.4, -0.2) is 30.7 Å². The molecule has 0 aliphatic carbocycles. The molecule has 0 amide bonds. The van der Waals surface area contributed by atoms with Crippen LogP contribution in [0.5, 0.6) is 0 Å². The average molecular weight is 203 g/mol. The lowest BCUT2D eigenvalue weighted by atomic mass is 10.1. The summed E-state index contributed by atoms with van der Waals surface area (Å²) in [6, 6.07) is 6.98. The maximum Gasteiger partial charge on any atom is 0.129 e. The van der Waals surface area contributed by atoms with Gasteiger partial charge >= 0.3 is 0 Å². The summed E-state index contributed by atoms with van der Waals surface area (Å²) in [7, 11) is 0. The molecule has 0 saturated carbocycles. The normalized spacial score (nSPS) is 29.5. The van der Waals surface area contributed by atoms with Gasteiger partial charge in [-0.2, -0.15) is 0 Å². The number of anilines is 1. The average Bonchev–Trinajstić information content (AvgIpc) is 2.77. The summed E-state index contributed by atoms with van der Waals surface area (Å²) in [5, 5.41) is 3.47. The second kappa shape index (κ2) is 3.49. The van der Waals surface area contributed by atoms with Crippen molar-refractivity contribution in [2.24, 2.45) is 5.92 Å². The molecular formula is C12H17N3. The lowest BCUT2D eigenvalue weighted by Gasteiger charge is -2.24. The third-order valence-electron chi connectivity index (χ3n) is 3.61. The number of rotatable bonds is 1. The van der Waals surface area contributed by atoms with Crippen molar-refractivity contribution in [3.05, 3.63) is 23.9 Å². The van der Waals surface area contributed by atoms with Gasteiger partial charge in [0, 0.05) is 31.4 Å². The zero-order chi connectivity index (χ0) is 10.3. The van der Waals surface area contributed by atoms with E-state index in [4.69, 9.17) is 0 Å². The number of fused-ring (bicyclic) bond motifs is 1. The van der Waals surface area contributed by atoms with Crippen LogP contribution in [0, 0.1) is 12.8 Å². The van der Waals surface area contributed by atoms with Gasteiger partial charge in [-0.05, 0) is 31.4 Å². The standard InChI is InChI=1S/C12H17N3/c1-9-3-2-4-12(14-9)15-6-5-10-7-13-8-11(10)15/h2-4,10-11,13H,5-8H2,1H3/t10-,11+/m1/s1. The predicted molar refractivity (Wildman–Crippen MR) is 61.1 cm³/mol. The van der Waals surface area contributed by atoms with Gasteiger partial charge in [-0.1, -0.05) is 6.07 Å². The van der Waals surface area contributed by atoms with Crippen LogP contribution in [-0.2, 0) is 0 Å². The van der Waals surface area contributed by atoms with Crippen molar-refractivity contribution >= 4 is 5.82 Å². The van der Waals surface area contributed by atoms with Crippen LogP contribution in [0.1, 0.15) is 12.1 Å². The molecule has 2 saturated heterocycles. The van der Waals surface area contributed by atoms with Gasteiger partial charge in [0.25, 0.3) is 0 Å². The first-order valence-electron chi connectivity index (χ1n) is 5.75. The van der Waals surface area contributed by atoms with E-state index in [0.717, 1.165) is 24.0 Å². The highest BCUT2D eigenvalue weighted by Gasteiger charge is 2.37. The van der Waals surface area contributed by atoms with Gasteiger partial charge in [-0.25, -0.2) is 4.98 Å². The SMILES string of the molecule is Cc1cccc(N2CC[C@@H]3CNC[C@@H]32)n1. The smallest absolute Gasteiger partial charge is 0.129 e. The van der Waals surface area contributed by atoms with Crippen molar-refractivity contribution in [1.82, 2.24) is 10.3 Å². The van der Waals surface area contributed by atoms with Gasteiger partial charge in [0.15, 0.2) is 0 Å². The minimum Gasteiger partial charge on any atom is -0.352 e. The van der Waals surface area contributed by atoms with Crippen LogP contribution < -0.4 is 10.2 Å². The summed E-state index contributed by atoms with van der Waals surface area (Å²) in [6.07, 6.45) is 1.31. The maximum atomic E-state index is 4.61. The van der Waals surface area contributed by atoms with Crippen molar-refractivity contribution in [2.45, 2.75) is 19.4 Å². The molecule has 3 heteroatoms. The molecule has 3 heterocycles. The van der Waals surface area contributed by atoms with Crippen molar-refractivity contribution in [1.29, 1.82) is 0 Å². The molecule has 0 unspecified atom stereocenters. The molecule has 1 N–H and O–H groups in total. The molecule has 1 aromatic heterocycles. The third kappa shape index (κ3) is 1.51. The van der Waals surface area contributed by atoms with E-state index in [0.29, 0.717) is 6.04 Å². The Morgan fingerprint density at radius 2 is 2.33 bits per heavy atom. The summed E-state index contributed by atoms with van der Waals surface area (Å²) in [5.74, 6) is 2.00. The fraction of sp³-hybridized carbons (Fsp3) is 0.583. The fourth-order valence-corrected chi connectivity index (χ4v) is 2.82. The zero-order valence-corrected chi connectivity index (χ0v) is 9.11. The predicted octanol–water partition coefficient (Wildman–Crippen LogP) is 1.19. The lowest BCUT2D eigenvalue weighted by Crippen LogP contribution is -2.34. The second-order valence-electron chi connectivity index (χ2n) is 4.60. The van der Waals surface area contributed by atoms with E-state index in [1.54, 1.807) is 0 Å². The van der Waals surface area contributed by atoms with Crippen LogP contribution >= 0.6 is 0 Å². The second-order valence-corrected chi connectivity index (χ2v) is 4.60. The van der Waals surface area contributed by atoms with Crippen molar-refractivity contribution < 1.29 is 0 Å². The molecule has 2 atom stereocenters. The quantitative estimate of drug-likeness (QED) is 0.743. The van der Waals surface area contributed by atoms with Gasteiger partial charge in [-0.3, -0.25) is 0 Å². The van der Waals surface area contributed by atoms with E-state index in [1.165, 1.54) is 19.5 Å². The summed E-state index contributed by atoms with van der Waals surface area (Å²) in [4.78, 5) is 7.08. The van der Waals surface area contributed by atoms with Gasteiger partial charge in [0.1, 0.15) is 5.82 Å². The molecule has 15 heavy (non-hydrogen) atoms. The van der Waals surface area contributed by atoms with Crippen molar-refractivity contribution in [2.75, 3.05) is 24.5 Å². The fourth-order valence-electron chi connectivity index (χ4n) is 2.82. The highest BCUT2D eigenvalue weighted by Crippen LogP contribution is 2.30. The number of nitrogens with one attached hydrogen (secondary N) is 1. The molecule has 2 aliphatic rings. The zero-order valence-electron chi connectivity index (χ0n) is 9.11. The van der Waals surface area contributed by atoms with Crippen LogP contribution in [0.3, 0.4) is 0 Å². The molecule has 1 aromatic rings. The van der Waals surface area contributed by atoms with E-state index < -0.39 is 0 Å². The van der Waals surface area contributed by atoms with Gasteiger partial charge < -0.3 is 10.2 Å². The molecule has 2 aliphatic heterocycles. The highest BCUT2D eigenvalue weighted by molar-refractivity contribution is 5.43. The molecule has 3 rings (SSSR count). The molecule has 0 bridgehead atoms. The Balaban J connectivity index is 1.88. The first kappa shape index (κ1) is 9.16. The van der Waals surface area contributed by atoms with E-state index in [9.17, 15) is 0 Å². The number of hydrogen-bond acceptors (Lipinski definition) is 3. The first-order chi connectivity index (χ1) is 7.34.